The number of hydrogen-bond donors (Lipinski definition) is 1. The number of ether oxygens (including phenoxy) is 1. The third-order valence-corrected chi connectivity index (χ3v) is 4.39. The average molecular weight is 259 g/mol. The van der Waals surface area contributed by atoms with E-state index in [1.165, 1.54) is 5.56 Å². The van der Waals surface area contributed by atoms with Crippen LogP contribution in [-0.2, 0) is 14.9 Å². The van der Waals surface area contributed by atoms with E-state index < -0.39 is 0 Å². The number of nitrogens with one attached hydrogen (secondary N) is 1. The molecular formula is C16H21NO2. The number of hydrogen-bond acceptors (Lipinski definition) is 2. The summed E-state index contributed by atoms with van der Waals surface area (Å²) < 4.78 is 5.50. The molecule has 19 heavy (non-hydrogen) atoms. The maximum Gasteiger partial charge on any atom is 0.223 e. The van der Waals surface area contributed by atoms with E-state index >= 15 is 0 Å². The van der Waals surface area contributed by atoms with Crippen molar-refractivity contribution >= 4 is 5.91 Å². The monoisotopic (exact) mass is 259 g/mol. The summed E-state index contributed by atoms with van der Waals surface area (Å²) in [6.45, 7) is 2.32. The van der Waals surface area contributed by atoms with E-state index in [9.17, 15) is 4.79 Å². The number of carbonyl (C=O) groups is 1. The predicted molar refractivity (Wildman–Crippen MR) is 73.9 cm³/mol. The van der Waals surface area contributed by atoms with Crippen molar-refractivity contribution in [3.8, 4) is 0 Å². The van der Waals surface area contributed by atoms with Gasteiger partial charge in [-0.05, 0) is 31.2 Å². The lowest BCUT2D eigenvalue weighted by molar-refractivity contribution is -0.122. The molecule has 102 valence electrons. The molecule has 2 fully saturated rings. The number of rotatable bonds is 4. The van der Waals surface area contributed by atoms with Crippen molar-refractivity contribution in [2.45, 2.75) is 31.1 Å². The van der Waals surface area contributed by atoms with Crippen LogP contribution in [0.2, 0.25) is 0 Å². The fourth-order valence-corrected chi connectivity index (χ4v) is 2.87. The second-order valence-electron chi connectivity index (χ2n) is 5.75. The van der Waals surface area contributed by atoms with Gasteiger partial charge in [0.15, 0.2) is 0 Å². The summed E-state index contributed by atoms with van der Waals surface area (Å²) in [6.07, 6.45) is 4.10. The minimum absolute atomic E-state index is 0.0596. The normalized spacial score (nSPS) is 21.9. The van der Waals surface area contributed by atoms with Gasteiger partial charge in [0, 0.05) is 31.1 Å². The van der Waals surface area contributed by atoms with Gasteiger partial charge in [0.25, 0.3) is 0 Å². The predicted octanol–water partition coefficient (Wildman–Crippen LogP) is 2.26. The molecule has 1 saturated carbocycles. The highest BCUT2D eigenvalue weighted by atomic mass is 16.5. The summed E-state index contributed by atoms with van der Waals surface area (Å²) in [5.41, 5.74) is 1.39. The maximum absolute atomic E-state index is 11.9. The molecule has 1 aromatic carbocycles. The minimum Gasteiger partial charge on any atom is -0.381 e. The third kappa shape index (κ3) is 2.81. The molecule has 0 spiro atoms. The minimum atomic E-state index is 0.0596. The Kier molecular flexibility index (Phi) is 3.56. The molecule has 1 N–H and O–H groups in total. The van der Waals surface area contributed by atoms with E-state index in [4.69, 9.17) is 4.74 Å². The lowest BCUT2D eigenvalue weighted by Crippen LogP contribution is -2.45. The first kappa shape index (κ1) is 12.7. The lowest BCUT2D eigenvalue weighted by Gasteiger charge is -2.38. The highest BCUT2D eigenvalue weighted by Crippen LogP contribution is 2.35. The summed E-state index contributed by atoms with van der Waals surface area (Å²) >= 11 is 0. The Morgan fingerprint density at radius 1 is 1.21 bits per heavy atom. The maximum atomic E-state index is 11.9. The fourth-order valence-electron chi connectivity index (χ4n) is 2.87. The van der Waals surface area contributed by atoms with Crippen molar-refractivity contribution in [1.29, 1.82) is 0 Å². The highest BCUT2D eigenvalue weighted by Gasteiger charge is 2.36. The molecule has 1 amide bonds. The molecular weight excluding hydrogens is 238 g/mol. The zero-order valence-electron chi connectivity index (χ0n) is 11.2. The molecule has 0 bridgehead atoms. The van der Waals surface area contributed by atoms with E-state index in [-0.39, 0.29) is 17.2 Å². The summed E-state index contributed by atoms with van der Waals surface area (Å²) in [5, 5.41) is 3.16. The van der Waals surface area contributed by atoms with Gasteiger partial charge in [-0.15, -0.1) is 0 Å². The molecule has 1 aliphatic heterocycles. The number of carbonyl (C=O) groups excluding carboxylic acids is 1. The Morgan fingerprint density at radius 2 is 1.89 bits per heavy atom. The fraction of sp³-hybridized carbons (Fsp3) is 0.562. The van der Waals surface area contributed by atoms with Gasteiger partial charge in [0.05, 0.1) is 0 Å². The molecule has 0 atom stereocenters. The smallest absolute Gasteiger partial charge is 0.223 e. The van der Waals surface area contributed by atoms with Gasteiger partial charge in [-0.1, -0.05) is 30.3 Å². The second kappa shape index (κ2) is 5.33. The Bertz CT molecular complexity index is 433. The van der Waals surface area contributed by atoms with Gasteiger partial charge in [-0.3, -0.25) is 4.79 Å². The zero-order valence-corrected chi connectivity index (χ0v) is 11.2. The van der Waals surface area contributed by atoms with Crippen LogP contribution in [0.5, 0.6) is 0 Å². The standard InChI is InChI=1S/C16H21NO2/c18-15(13-6-7-13)17-12-16(8-10-19-11-9-16)14-4-2-1-3-5-14/h1-5,13H,6-12H2,(H,17,18). The van der Waals surface area contributed by atoms with Crippen molar-refractivity contribution in [2.75, 3.05) is 19.8 Å². The quantitative estimate of drug-likeness (QED) is 0.900. The van der Waals surface area contributed by atoms with Gasteiger partial charge >= 0.3 is 0 Å². The van der Waals surface area contributed by atoms with Gasteiger partial charge in [-0.25, -0.2) is 0 Å². The molecule has 2 aliphatic rings. The first-order valence-corrected chi connectivity index (χ1v) is 7.21. The summed E-state index contributed by atoms with van der Waals surface area (Å²) in [6, 6.07) is 10.5. The van der Waals surface area contributed by atoms with E-state index in [1.807, 2.05) is 6.07 Å². The molecule has 3 rings (SSSR count). The van der Waals surface area contributed by atoms with Crippen LogP contribution in [-0.4, -0.2) is 25.7 Å². The van der Waals surface area contributed by atoms with Crippen LogP contribution in [0.15, 0.2) is 30.3 Å². The van der Waals surface area contributed by atoms with Crippen LogP contribution in [0, 0.1) is 5.92 Å². The first-order chi connectivity index (χ1) is 9.30. The van der Waals surface area contributed by atoms with Gasteiger partial charge in [0.1, 0.15) is 0 Å². The van der Waals surface area contributed by atoms with Crippen molar-refractivity contribution in [3.63, 3.8) is 0 Å². The zero-order chi connectivity index (χ0) is 13.1. The molecule has 1 heterocycles. The number of benzene rings is 1. The second-order valence-corrected chi connectivity index (χ2v) is 5.75. The van der Waals surface area contributed by atoms with Crippen LogP contribution >= 0.6 is 0 Å². The van der Waals surface area contributed by atoms with E-state index in [0.717, 1.165) is 45.4 Å². The Morgan fingerprint density at radius 3 is 2.53 bits per heavy atom. The molecule has 3 heteroatoms. The summed E-state index contributed by atoms with van der Waals surface area (Å²) in [4.78, 5) is 11.9. The molecule has 0 unspecified atom stereocenters. The van der Waals surface area contributed by atoms with Gasteiger partial charge in [0.2, 0.25) is 5.91 Å². The van der Waals surface area contributed by atoms with Crippen molar-refractivity contribution in [3.05, 3.63) is 35.9 Å². The largest absolute Gasteiger partial charge is 0.381 e. The molecule has 0 radical (unpaired) electrons. The van der Waals surface area contributed by atoms with Crippen molar-refractivity contribution in [2.24, 2.45) is 5.92 Å². The first-order valence-electron chi connectivity index (χ1n) is 7.21. The van der Waals surface area contributed by atoms with Gasteiger partial charge < -0.3 is 10.1 Å². The Balaban J connectivity index is 1.74. The van der Waals surface area contributed by atoms with Crippen LogP contribution < -0.4 is 5.32 Å². The Hall–Kier alpha value is -1.35. The van der Waals surface area contributed by atoms with Crippen LogP contribution in [0.4, 0.5) is 0 Å². The number of amides is 1. The lowest BCUT2D eigenvalue weighted by atomic mass is 9.74. The highest BCUT2D eigenvalue weighted by molar-refractivity contribution is 5.80. The molecule has 1 aromatic rings. The van der Waals surface area contributed by atoms with Crippen molar-refractivity contribution < 1.29 is 9.53 Å². The SMILES string of the molecule is O=C(NCC1(c2ccccc2)CCOCC1)C1CC1. The van der Waals surface area contributed by atoms with E-state index in [0.29, 0.717) is 0 Å². The van der Waals surface area contributed by atoms with Crippen LogP contribution in [0.25, 0.3) is 0 Å². The van der Waals surface area contributed by atoms with Crippen LogP contribution in [0.3, 0.4) is 0 Å². The van der Waals surface area contributed by atoms with Gasteiger partial charge in [-0.2, -0.15) is 0 Å². The molecule has 3 nitrogen and oxygen atoms in total. The van der Waals surface area contributed by atoms with Crippen molar-refractivity contribution in [1.82, 2.24) is 5.32 Å². The molecule has 1 saturated heterocycles. The third-order valence-electron chi connectivity index (χ3n) is 4.39. The molecule has 0 aromatic heterocycles. The molecule has 1 aliphatic carbocycles. The van der Waals surface area contributed by atoms with Crippen LogP contribution in [0.1, 0.15) is 31.2 Å². The Labute approximate surface area is 114 Å². The summed E-state index contributed by atoms with van der Waals surface area (Å²) in [5.74, 6) is 0.523. The summed E-state index contributed by atoms with van der Waals surface area (Å²) in [7, 11) is 0. The van der Waals surface area contributed by atoms with E-state index in [2.05, 4.69) is 29.6 Å². The topological polar surface area (TPSA) is 38.3 Å². The van der Waals surface area contributed by atoms with E-state index in [1.54, 1.807) is 0 Å². The average Bonchev–Trinajstić information content (AvgIpc) is 3.31.